The predicted molar refractivity (Wildman–Crippen MR) is 205 cm³/mol. The summed E-state index contributed by atoms with van der Waals surface area (Å²) in [5.41, 5.74) is 2.69. The molecule has 1 fully saturated rings. The first-order valence-electron chi connectivity index (χ1n) is 18.6. The molecule has 3 aromatic carbocycles. The molecule has 3 atom stereocenters. The molecule has 11 nitrogen and oxygen atoms in total. The first kappa shape index (κ1) is 36.4. The smallest absolute Gasteiger partial charge is 0.328 e. The van der Waals surface area contributed by atoms with E-state index in [0.717, 1.165) is 33.2 Å². The van der Waals surface area contributed by atoms with Crippen LogP contribution in [-0.2, 0) is 38.0 Å². The van der Waals surface area contributed by atoms with Crippen LogP contribution >= 0.6 is 0 Å². The van der Waals surface area contributed by atoms with Crippen LogP contribution in [0.15, 0.2) is 108 Å². The molecule has 0 radical (unpaired) electrons. The quantitative estimate of drug-likeness (QED) is 0.178. The maximum absolute atomic E-state index is 15.0. The number of aromatic nitrogens is 2. The third-order valence-corrected chi connectivity index (χ3v) is 11.0. The third-order valence-electron chi connectivity index (χ3n) is 11.0. The minimum atomic E-state index is -1.18. The first-order chi connectivity index (χ1) is 26.2. The number of hydrogen-bond donors (Lipinski definition) is 3. The molecule has 3 heterocycles. The predicted octanol–water partition coefficient (Wildman–Crippen LogP) is 4.74. The Balaban J connectivity index is 1.13. The van der Waals surface area contributed by atoms with Crippen molar-refractivity contribution in [1.29, 1.82) is 0 Å². The molecule has 7 rings (SSSR count). The van der Waals surface area contributed by atoms with Crippen LogP contribution in [0.1, 0.15) is 71.1 Å². The SMILES string of the molecule is CCOC(=O)C(Cc1c[nH]c2ccccc12)NC(=O)[C@@]1(c2ccccc2)CC[C@H](C(=O)N2CCC(NC(=O)c3cccn(C)c3=O)CC2)c2ccccc21. The van der Waals surface area contributed by atoms with Crippen molar-refractivity contribution in [1.82, 2.24) is 25.1 Å². The molecule has 3 N–H and O–H groups in total. The van der Waals surface area contributed by atoms with Crippen molar-refractivity contribution in [2.75, 3.05) is 19.7 Å². The maximum atomic E-state index is 15.0. The van der Waals surface area contributed by atoms with Gasteiger partial charge in [0.15, 0.2) is 0 Å². The van der Waals surface area contributed by atoms with Crippen molar-refractivity contribution in [3.63, 3.8) is 0 Å². The second kappa shape index (κ2) is 15.6. The topological polar surface area (TPSA) is 143 Å². The molecule has 1 aliphatic carbocycles. The fourth-order valence-corrected chi connectivity index (χ4v) is 8.22. The van der Waals surface area contributed by atoms with E-state index in [1.54, 1.807) is 26.2 Å². The number of hydrogen-bond acceptors (Lipinski definition) is 6. The average molecular weight is 728 g/mol. The van der Waals surface area contributed by atoms with E-state index >= 15 is 0 Å². The number of carbonyl (C=O) groups is 4. The van der Waals surface area contributed by atoms with Gasteiger partial charge in [0, 0.05) is 55.9 Å². The van der Waals surface area contributed by atoms with Crippen molar-refractivity contribution >= 4 is 34.6 Å². The van der Waals surface area contributed by atoms with E-state index in [1.165, 1.54) is 10.6 Å². The highest BCUT2D eigenvalue weighted by molar-refractivity contribution is 5.97. The molecule has 2 aliphatic rings. The van der Waals surface area contributed by atoms with Gasteiger partial charge in [-0.15, -0.1) is 0 Å². The van der Waals surface area contributed by atoms with Crippen LogP contribution in [0.4, 0.5) is 0 Å². The highest BCUT2D eigenvalue weighted by Gasteiger charge is 2.49. The van der Waals surface area contributed by atoms with Gasteiger partial charge in [0.1, 0.15) is 11.6 Å². The molecule has 5 aromatic rings. The zero-order valence-electron chi connectivity index (χ0n) is 30.5. The zero-order chi connectivity index (χ0) is 37.8. The lowest BCUT2D eigenvalue weighted by atomic mass is 9.62. The fraction of sp³-hybridized carbons (Fsp3) is 0.326. The lowest BCUT2D eigenvalue weighted by molar-refractivity contribution is -0.148. The summed E-state index contributed by atoms with van der Waals surface area (Å²) in [5.74, 6) is -1.74. The number of amides is 3. The van der Waals surface area contributed by atoms with Gasteiger partial charge in [-0.05, 0) is 73.1 Å². The van der Waals surface area contributed by atoms with Crippen LogP contribution in [0.25, 0.3) is 10.9 Å². The number of pyridine rings is 1. The number of para-hydroxylation sites is 1. The van der Waals surface area contributed by atoms with Gasteiger partial charge in [-0.3, -0.25) is 19.2 Å². The lowest BCUT2D eigenvalue weighted by Gasteiger charge is -2.43. The Bertz CT molecular complexity index is 2240. The summed E-state index contributed by atoms with van der Waals surface area (Å²) in [6, 6.07) is 27.1. The highest BCUT2D eigenvalue weighted by Crippen LogP contribution is 2.48. The van der Waals surface area contributed by atoms with E-state index < -0.39 is 29.3 Å². The van der Waals surface area contributed by atoms with E-state index in [9.17, 15) is 24.0 Å². The molecule has 3 amide bonds. The number of aromatic amines is 1. The number of rotatable bonds is 10. The molecule has 0 spiro atoms. The van der Waals surface area contributed by atoms with Crippen molar-refractivity contribution in [3.8, 4) is 0 Å². The normalized spacial score (nSPS) is 19.1. The molecule has 1 saturated heterocycles. The number of likely N-dealkylation sites (tertiary alicyclic amines) is 1. The van der Waals surface area contributed by atoms with Gasteiger partial charge in [0.05, 0.1) is 17.9 Å². The molecular weight excluding hydrogens is 683 g/mol. The maximum Gasteiger partial charge on any atom is 0.328 e. The van der Waals surface area contributed by atoms with Gasteiger partial charge in [0.2, 0.25) is 11.8 Å². The number of carbonyl (C=O) groups excluding carboxylic acids is 4. The van der Waals surface area contributed by atoms with Crippen LogP contribution in [-0.4, -0.2) is 69.9 Å². The van der Waals surface area contributed by atoms with Gasteiger partial charge < -0.3 is 29.8 Å². The number of ether oxygens (including phenoxy) is 1. The Kier molecular flexibility index (Phi) is 10.5. The molecule has 1 unspecified atom stereocenters. The number of nitrogens with zero attached hydrogens (tertiary/aromatic N) is 2. The summed E-state index contributed by atoms with van der Waals surface area (Å²) in [6.07, 6.45) is 5.58. The average Bonchev–Trinajstić information content (AvgIpc) is 3.61. The number of benzene rings is 3. The Morgan fingerprint density at radius 2 is 1.63 bits per heavy atom. The number of aryl methyl sites for hydroxylation is 1. The van der Waals surface area contributed by atoms with Crippen molar-refractivity contribution in [3.05, 3.63) is 142 Å². The number of fused-ring (bicyclic) bond motifs is 2. The second-order valence-corrected chi connectivity index (χ2v) is 14.2. The molecule has 54 heavy (non-hydrogen) atoms. The standard InChI is InChI=1S/C43H45N5O6/c1-3-54-41(52)37(26-28-27-44-36-18-10-8-14-31(28)36)46-42(53)43(29-12-5-4-6-13-29)22-19-33(32-15-7-9-17-35(32)43)40(51)48-24-20-30(21-25-48)45-38(49)34-16-11-23-47(2)39(34)50/h4-18,23,27,30,33,37,44H,3,19-22,24-26H2,1-2H3,(H,45,49)(H,46,53)/t33-,37?,43+/m0/s1. The number of nitrogens with one attached hydrogen (secondary N) is 3. The van der Waals surface area contributed by atoms with Gasteiger partial charge in [0.25, 0.3) is 11.5 Å². The summed E-state index contributed by atoms with van der Waals surface area (Å²) in [6.45, 7) is 2.82. The van der Waals surface area contributed by atoms with E-state index in [1.807, 2.05) is 90.0 Å². The number of piperidine rings is 1. The van der Waals surface area contributed by atoms with Crippen molar-refractivity contribution in [2.45, 2.75) is 62.4 Å². The first-order valence-corrected chi connectivity index (χ1v) is 18.6. The molecule has 11 heteroatoms. The third kappa shape index (κ3) is 6.93. The zero-order valence-corrected chi connectivity index (χ0v) is 30.5. The monoisotopic (exact) mass is 727 g/mol. The van der Waals surface area contributed by atoms with Crippen LogP contribution < -0.4 is 16.2 Å². The van der Waals surface area contributed by atoms with E-state index in [0.29, 0.717) is 38.8 Å². The molecule has 0 saturated carbocycles. The minimum Gasteiger partial charge on any atom is -0.464 e. The molecular formula is C43H45N5O6. The van der Waals surface area contributed by atoms with Crippen LogP contribution in [0.2, 0.25) is 0 Å². The van der Waals surface area contributed by atoms with Crippen molar-refractivity contribution < 1.29 is 23.9 Å². The van der Waals surface area contributed by atoms with Crippen LogP contribution in [0.5, 0.6) is 0 Å². The molecule has 278 valence electrons. The van der Waals surface area contributed by atoms with Gasteiger partial charge in [-0.2, -0.15) is 0 Å². The van der Waals surface area contributed by atoms with Gasteiger partial charge >= 0.3 is 5.97 Å². The van der Waals surface area contributed by atoms with Crippen molar-refractivity contribution in [2.24, 2.45) is 7.05 Å². The second-order valence-electron chi connectivity index (χ2n) is 14.2. The van der Waals surface area contributed by atoms with E-state index in [4.69, 9.17) is 4.74 Å². The lowest BCUT2D eigenvalue weighted by Crippen LogP contribution is -2.54. The van der Waals surface area contributed by atoms with Crippen LogP contribution in [0, 0.1) is 0 Å². The summed E-state index contributed by atoms with van der Waals surface area (Å²) < 4.78 is 6.86. The van der Waals surface area contributed by atoms with Crippen LogP contribution in [0.3, 0.4) is 0 Å². The number of H-pyrrole nitrogens is 1. The van der Waals surface area contributed by atoms with E-state index in [2.05, 4.69) is 15.6 Å². The fourth-order valence-electron chi connectivity index (χ4n) is 8.22. The molecule has 2 aromatic heterocycles. The molecule has 1 aliphatic heterocycles. The van der Waals surface area contributed by atoms with Gasteiger partial charge in [-0.25, -0.2) is 4.79 Å². The number of esters is 1. The Labute approximate surface area is 313 Å². The molecule has 0 bridgehead atoms. The van der Waals surface area contributed by atoms with E-state index in [-0.39, 0.29) is 42.0 Å². The Hall–Kier alpha value is -5.97. The largest absolute Gasteiger partial charge is 0.464 e. The minimum absolute atomic E-state index is 0.0186. The summed E-state index contributed by atoms with van der Waals surface area (Å²) in [4.78, 5) is 73.2. The Morgan fingerprint density at radius 3 is 2.41 bits per heavy atom. The van der Waals surface area contributed by atoms with Gasteiger partial charge in [-0.1, -0.05) is 72.8 Å². The summed E-state index contributed by atoms with van der Waals surface area (Å²) in [7, 11) is 1.61. The summed E-state index contributed by atoms with van der Waals surface area (Å²) in [5, 5.41) is 7.08. The summed E-state index contributed by atoms with van der Waals surface area (Å²) >= 11 is 0. The highest BCUT2D eigenvalue weighted by atomic mass is 16.5. The Morgan fingerprint density at radius 1 is 0.907 bits per heavy atom.